The Balaban J connectivity index is 1.37. The van der Waals surface area contributed by atoms with Gasteiger partial charge >= 0.3 is 0 Å². The molecular formula is C30H23F2N3O2. The number of hydrogen-bond donors (Lipinski definition) is 2. The van der Waals surface area contributed by atoms with Gasteiger partial charge in [0.25, 0.3) is 5.91 Å². The molecule has 3 N–H and O–H groups in total. The molecule has 0 saturated carbocycles. The molecule has 3 aromatic heterocycles. The van der Waals surface area contributed by atoms with Gasteiger partial charge in [-0.1, -0.05) is 18.2 Å². The van der Waals surface area contributed by atoms with Crippen LogP contribution < -0.4 is 11.1 Å². The minimum Gasteiger partial charge on any atom is -0.455 e. The molecule has 7 heteroatoms. The number of nitrogens with zero attached hydrogens (tertiary/aromatic N) is 1. The minimum atomic E-state index is -0.872. The summed E-state index contributed by atoms with van der Waals surface area (Å²) in [5, 5.41) is 6.33. The molecule has 5 nitrogen and oxygen atoms in total. The number of nitrogens with one attached hydrogen (secondary N) is 1. The molecule has 0 radical (unpaired) electrons. The van der Waals surface area contributed by atoms with Crippen molar-refractivity contribution in [1.29, 1.82) is 0 Å². The summed E-state index contributed by atoms with van der Waals surface area (Å²) in [4.78, 5) is 17.3. The first-order valence-electron chi connectivity index (χ1n) is 11.9. The average molecular weight is 496 g/mol. The third-order valence-electron chi connectivity index (χ3n) is 7.07. The van der Waals surface area contributed by atoms with Crippen LogP contribution in [0.5, 0.6) is 0 Å². The molecule has 1 amide bonds. The molecule has 3 aromatic carbocycles. The number of aryl methyl sites for hydroxylation is 3. The van der Waals surface area contributed by atoms with Gasteiger partial charge in [-0.3, -0.25) is 4.79 Å². The lowest BCUT2D eigenvalue weighted by molar-refractivity contribution is 0.0951. The molecule has 0 unspecified atom stereocenters. The molecule has 0 aliphatic rings. The molecule has 0 atom stereocenters. The SMILES string of the molecule is Cc1ccc(-c2ccc3c(c2)c2oc3c3ccc(C(=O)NCc4c(C)cc(N)nc4C)cc32)c(F)c1F. The number of benzene rings is 4. The van der Waals surface area contributed by atoms with Crippen LogP contribution >= 0.6 is 0 Å². The van der Waals surface area contributed by atoms with Crippen molar-refractivity contribution in [2.45, 2.75) is 27.3 Å². The predicted molar refractivity (Wildman–Crippen MR) is 142 cm³/mol. The van der Waals surface area contributed by atoms with Crippen LogP contribution in [0, 0.1) is 32.4 Å². The summed E-state index contributed by atoms with van der Waals surface area (Å²) in [7, 11) is 0. The van der Waals surface area contributed by atoms with Crippen molar-refractivity contribution in [3.8, 4) is 11.1 Å². The van der Waals surface area contributed by atoms with E-state index in [2.05, 4.69) is 10.3 Å². The van der Waals surface area contributed by atoms with Crippen LogP contribution in [0.3, 0.4) is 0 Å². The van der Waals surface area contributed by atoms with E-state index in [4.69, 9.17) is 10.2 Å². The number of nitrogen functional groups attached to an aromatic ring is 1. The van der Waals surface area contributed by atoms with Gasteiger partial charge in [-0.15, -0.1) is 0 Å². The molecule has 0 aliphatic carbocycles. The van der Waals surface area contributed by atoms with Gasteiger partial charge in [-0.05, 0) is 79.4 Å². The van der Waals surface area contributed by atoms with E-state index in [-0.39, 0.29) is 17.0 Å². The van der Waals surface area contributed by atoms with E-state index in [0.29, 0.717) is 34.7 Å². The largest absolute Gasteiger partial charge is 0.455 e. The summed E-state index contributed by atoms with van der Waals surface area (Å²) in [5.74, 6) is -1.49. The second-order valence-corrected chi connectivity index (χ2v) is 9.45. The van der Waals surface area contributed by atoms with E-state index in [9.17, 15) is 13.6 Å². The maximum absolute atomic E-state index is 14.7. The Morgan fingerprint density at radius 3 is 2.32 bits per heavy atom. The number of fused-ring (bicyclic) bond motifs is 8. The molecule has 184 valence electrons. The number of hydrogen-bond acceptors (Lipinski definition) is 4. The first-order chi connectivity index (χ1) is 17.7. The average Bonchev–Trinajstić information content (AvgIpc) is 3.43. The van der Waals surface area contributed by atoms with Gasteiger partial charge in [-0.25, -0.2) is 13.8 Å². The number of furan rings is 2. The Labute approximate surface area is 211 Å². The van der Waals surface area contributed by atoms with E-state index in [0.717, 1.165) is 38.4 Å². The van der Waals surface area contributed by atoms with E-state index in [1.807, 2.05) is 26.0 Å². The van der Waals surface area contributed by atoms with Crippen LogP contribution in [0.4, 0.5) is 14.6 Å². The van der Waals surface area contributed by atoms with Crippen LogP contribution in [0.2, 0.25) is 0 Å². The highest BCUT2D eigenvalue weighted by Crippen LogP contribution is 2.42. The van der Waals surface area contributed by atoms with E-state index >= 15 is 0 Å². The van der Waals surface area contributed by atoms with Gasteiger partial charge < -0.3 is 15.5 Å². The number of halogens is 2. The van der Waals surface area contributed by atoms with Crippen molar-refractivity contribution < 1.29 is 18.0 Å². The molecule has 0 aliphatic heterocycles. The predicted octanol–water partition coefficient (Wildman–Crippen LogP) is 6.95. The van der Waals surface area contributed by atoms with Crippen molar-refractivity contribution in [1.82, 2.24) is 10.3 Å². The molecule has 37 heavy (non-hydrogen) atoms. The highest BCUT2D eigenvalue weighted by molar-refractivity contribution is 6.26. The first kappa shape index (κ1) is 22.9. The van der Waals surface area contributed by atoms with Crippen molar-refractivity contribution in [3.05, 3.63) is 94.2 Å². The van der Waals surface area contributed by atoms with Crippen molar-refractivity contribution in [2.75, 3.05) is 5.73 Å². The molecule has 2 bridgehead atoms. The summed E-state index contributed by atoms with van der Waals surface area (Å²) in [6, 6.07) is 15.8. The minimum absolute atomic E-state index is 0.190. The number of nitrogens with two attached hydrogens (primary N) is 1. The molecule has 3 heterocycles. The lowest BCUT2D eigenvalue weighted by Crippen LogP contribution is -2.24. The molecule has 0 saturated heterocycles. The zero-order valence-electron chi connectivity index (χ0n) is 20.5. The third kappa shape index (κ3) is 3.57. The zero-order valence-corrected chi connectivity index (χ0v) is 20.5. The number of carbonyl (C=O) groups excluding carboxylic acids is 1. The van der Waals surface area contributed by atoms with Crippen LogP contribution in [0.15, 0.2) is 59.0 Å². The second kappa shape index (κ2) is 8.27. The summed E-state index contributed by atoms with van der Waals surface area (Å²) >= 11 is 0. The monoisotopic (exact) mass is 495 g/mol. The smallest absolute Gasteiger partial charge is 0.251 e. The van der Waals surface area contributed by atoms with Crippen molar-refractivity contribution in [3.63, 3.8) is 0 Å². The fourth-order valence-electron chi connectivity index (χ4n) is 5.08. The summed E-state index contributed by atoms with van der Waals surface area (Å²) in [6.07, 6.45) is 0. The van der Waals surface area contributed by atoms with Gasteiger partial charge in [0, 0.05) is 44.9 Å². The maximum Gasteiger partial charge on any atom is 0.251 e. The molecule has 0 fully saturated rings. The number of pyridine rings is 1. The number of amides is 1. The van der Waals surface area contributed by atoms with Gasteiger partial charge in [0.2, 0.25) is 0 Å². The number of rotatable bonds is 4. The number of carbonyl (C=O) groups is 1. The van der Waals surface area contributed by atoms with Crippen LogP contribution in [0.25, 0.3) is 43.8 Å². The van der Waals surface area contributed by atoms with Gasteiger partial charge in [0.05, 0.1) is 0 Å². The normalized spacial score (nSPS) is 11.7. The summed E-state index contributed by atoms with van der Waals surface area (Å²) in [6.45, 7) is 5.66. The first-order valence-corrected chi connectivity index (χ1v) is 11.9. The topological polar surface area (TPSA) is 81.2 Å². The molecule has 6 aromatic rings. The fraction of sp³-hybridized carbons (Fsp3) is 0.133. The van der Waals surface area contributed by atoms with Crippen LogP contribution in [-0.2, 0) is 6.54 Å². The molecular weight excluding hydrogens is 472 g/mol. The zero-order chi connectivity index (χ0) is 26.0. The lowest BCUT2D eigenvalue weighted by atomic mass is 9.97. The Morgan fingerprint density at radius 1 is 0.865 bits per heavy atom. The van der Waals surface area contributed by atoms with Crippen molar-refractivity contribution in [2.24, 2.45) is 0 Å². The highest BCUT2D eigenvalue weighted by Gasteiger charge is 2.21. The Hall–Kier alpha value is -4.52. The quantitative estimate of drug-likeness (QED) is 0.259. The third-order valence-corrected chi connectivity index (χ3v) is 7.07. The van der Waals surface area contributed by atoms with Gasteiger partial charge in [-0.2, -0.15) is 0 Å². The lowest BCUT2D eigenvalue weighted by Gasteiger charge is -2.12. The maximum atomic E-state index is 14.7. The molecule has 6 rings (SSSR count). The van der Waals surface area contributed by atoms with E-state index in [1.165, 1.54) is 6.92 Å². The Morgan fingerprint density at radius 2 is 1.57 bits per heavy atom. The van der Waals surface area contributed by atoms with Crippen molar-refractivity contribution >= 4 is 44.4 Å². The van der Waals surface area contributed by atoms with Crippen LogP contribution in [-0.4, -0.2) is 10.9 Å². The standard InChI is InChI=1S/C30H23F2N3O2/c1-14-4-7-19(27(32)26(14)31)17-5-8-20-22(11-17)29-23-12-18(6-9-21(23)28(20)37-29)30(36)34-13-24-15(2)10-25(33)35-16(24)3/h4-12H,13H2,1-3H3,(H2,33,35)(H,34,36). The molecule has 0 spiro atoms. The summed E-state index contributed by atoms with van der Waals surface area (Å²) < 4.78 is 35.0. The Bertz CT molecular complexity index is 1850. The highest BCUT2D eigenvalue weighted by atomic mass is 19.2. The fourth-order valence-corrected chi connectivity index (χ4v) is 5.08. The van der Waals surface area contributed by atoms with E-state index in [1.54, 1.807) is 42.5 Å². The number of aromatic nitrogens is 1. The second-order valence-electron chi connectivity index (χ2n) is 9.45. The number of anilines is 1. The van der Waals surface area contributed by atoms with Gasteiger partial charge in [0.1, 0.15) is 17.0 Å². The summed E-state index contributed by atoms with van der Waals surface area (Å²) in [5.41, 5.74) is 11.3. The van der Waals surface area contributed by atoms with Gasteiger partial charge in [0.15, 0.2) is 11.6 Å². The Kier molecular flexibility index (Phi) is 5.12. The van der Waals surface area contributed by atoms with Crippen LogP contribution in [0.1, 0.15) is 32.7 Å². The van der Waals surface area contributed by atoms with E-state index < -0.39 is 11.6 Å².